The Kier molecular flexibility index (Phi) is 8.15. The second-order valence-corrected chi connectivity index (χ2v) is 10.6. The van der Waals surface area contributed by atoms with Gasteiger partial charge in [-0.05, 0) is 62.9 Å². The van der Waals surface area contributed by atoms with Crippen LogP contribution in [0.2, 0.25) is 0 Å². The Morgan fingerprint density at radius 1 is 1.03 bits per heavy atom. The number of carbonyl (C=O) groups is 1. The van der Waals surface area contributed by atoms with E-state index in [2.05, 4.69) is 5.32 Å². The maximum atomic E-state index is 13.3. The molecule has 8 heteroatoms. The fourth-order valence-corrected chi connectivity index (χ4v) is 6.30. The van der Waals surface area contributed by atoms with Crippen LogP contribution in [-0.2, 0) is 21.2 Å². The number of ether oxygens (including phenoxy) is 1. The third-order valence-electron chi connectivity index (χ3n) is 6.27. The van der Waals surface area contributed by atoms with Crippen molar-refractivity contribution in [2.45, 2.75) is 45.1 Å². The number of sulfonamides is 1. The molecule has 1 N–H and O–H groups in total. The number of rotatable bonds is 8. The van der Waals surface area contributed by atoms with Gasteiger partial charge in [-0.1, -0.05) is 29.8 Å². The molecule has 0 aromatic heterocycles. The second kappa shape index (κ2) is 10.7. The number of hydrogen-bond acceptors (Lipinski definition) is 5. The number of piperazine rings is 1. The van der Waals surface area contributed by atoms with E-state index in [1.165, 1.54) is 0 Å². The van der Waals surface area contributed by atoms with Crippen molar-refractivity contribution >= 4 is 15.9 Å². The summed E-state index contributed by atoms with van der Waals surface area (Å²) in [5.41, 5.74) is 3.74. The van der Waals surface area contributed by atoms with Crippen LogP contribution < -0.4 is 10.1 Å². The number of carbonyl (C=O) groups excluding carboxylic acids is 1. The van der Waals surface area contributed by atoms with Gasteiger partial charge < -0.3 is 10.1 Å². The summed E-state index contributed by atoms with van der Waals surface area (Å²) in [6, 6.07) is 11.3. The molecule has 0 saturated carbocycles. The standard InChI is InChI=1S/C25H35N3O4S/c1-18-16-19(2)24(20(3)17-18)33(30,31)28-14-12-27(13-15-28)21(4)25(29)26-11-10-22-6-8-23(32-5)9-7-22/h6-9,16-17,21H,10-15H2,1-5H3,(H,26,29). The number of methoxy groups -OCH3 is 1. The fourth-order valence-electron chi connectivity index (χ4n) is 4.47. The summed E-state index contributed by atoms with van der Waals surface area (Å²) >= 11 is 0. The Bertz CT molecular complexity index is 1050. The van der Waals surface area contributed by atoms with Gasteiger partial charge in [0.15, 0.2) is 0 Å². The minimum atomic E-state index is -3.56. The molecule has 2 aromatic rings. The Morgan fingerprint density at radius 2 is 1.61 bits per heavy atom. The van der Waals surface area contributed by atoms with E-state index >= 15 is 0 Å². The number of nitrogens with zero attached hydrogens (tertiary/aromatic N) is 2. The number of benzene rings is 2. The van der Waals surface area contributed by atoms with Crippen molar-refractivity contribution in [1.29, 1.82) is 0 Å². The smallest absolute Gasteiger partial charge is 0.243 e. The molecule has 7 nitrogen and oxygen atoms in total. The topological polar surface area (TPSA) is 79.0 Å². The van der Waals surface area contributed by atoms with E-state index in [1.807, 2.05) is 69.0 Å². The van der Waals surface area contributed by atoms with Crippen LogP contribution in [0.3, 0.4) is 0 Å². The summed E-state index contributed by atoms with van der Waals surface area (Å²) in [5, 5.41) is 3.00. The minimum absolute atomic E-state index is 0.0370. The molecule has 1 atom stereocenters. The predicted molar refractivity (Wildman–Crippen MR) is 130 cm³/mol. The Balaban J connectivity index is 1.52. The number of nitrogens with one attached hydrogen (secondary N) is 1. The van der Waals surface area contributed by atoms with Gasteiger partial charge in [0.1, 0.15) is 5.75 Å². The van der Waals surface area contributed by atoms with Gasteiger partial charge in [-0.3, -0.25) is 9.69 Å². The minimum Gasteiger partial charge on any atom is -0.497 e. The zero-order chi connectivity index (χ0) is 24.2. The van der Waals surface area contributed by atoms with E-state index in [0.29, 0.717) is 37.6 Å². The van der Waals surface area contributed by atoms with Crippen molar-refractivity contribution < 1.29 is 17.9 Å². The molecule has 0 bridgehead atoms. The quantitative estimate of drug-likeness (QED) is 0.638. The normalized spacial score (nSPS) is 16.4. The van der Waals surface area contributed by atoms with Gasteiger partial charge in [-0.25, -0.2) is 8.42 Å². The SMILES string of the molecule is COc1ccc(CCNC(=O)C(C)N2CCN(S(=O)(=O)c3c(C)cc(C)cc3C)CC2)cc1. The monoisotopic (exact) mass is 473 g/mol. The molecule has 0 radical (unpaired) electrons. The van der Waals surface area contributed by atoms with Gasteiger partial charge in [-0.15, -0.1) is 0 Å². The van der Waals surface area contributed by atoms with Gasteiger partial charge in [-0.2, -0.15) is 4.31 Å². The van der Waals surface area contributed by atoms with Crippen molar-refractivity contribution in [3.8, 4) is 5.75 Å². The fraction of sp³-hybridized carbons (Fsp3) is 0.480. The number of amides is 1. The van der Waals surface area contributed by atoms with E-state index in [1.54, 1.807) is 11.4 Å². The molecule has 0 spiro atoms. The summed E-state index contributed by atoms with van der Waals surface area (Å²) in [4.78, 5) is 15.1. The molecule has 3 rings (SSSR count). The summed E-state index contributed by atoms with van der Waals surface area (Å²) in [6.45, 7) is 9.89. The van der Waals surface area contributed by atoms with Crippen molar-refractivity contribution in [1.82, 2.24) is 14.5 Å². The van der Waals surface area contributed by atoms with E-state index in [4.69, 9.17) is 4.74 Å². The van der Waals surface area contributed by atoms with Crippen LogP contribution in [0.15, 0.2) is 41.3 Å². The Labute approximate surface area is 197 Å². The second-order valence-electron chi connectivity index (χ2n) is 8.73. The lowest BCUT2D eigenvalue weighted by atomic mass is 10.1. The molecule has 1 amide bonds. The molecule has 1 heterocycles. The first-order chi connectivity index (χ1) is 15.6. The lowest BCUT2D eigenvalue weighted by molar-refractivity contribution is -0.126. The molecular weight excluding hydrogens is 438 g/mol. The van der Waals surface area contributed by atoms with Gasteiger partial charge in [0.25, 0.3) is 0 Å². The third kappa shape index (κ3) is 5.93. The summed E-state index contributed by atoms with van der Waals surface area (Å²) < 4.78 is 33.3. The highest BCUT2D eigenvalue weighted by Crippen LogP contribution is 2.26. The third-order valence-corrected chi connectivity index (χ3v) is 8.48. The lowest BCUT2D eigenvalue weighted by Gasteiger charge is -2.37. The van der Waals surface area contributed by atoms with E-state index in [0.717, 1.165) is 34.4 Å². The van der Waals surface area contributed by atoms with Gasteiger partial charge in [0.2, 0.25) is 15.9 Å². The molecular formula is C25H35N3O4S. The van der Waals surface area contributed by atoms with Crippen LogP contribution in [0.1, 0.15) is 29.2 Å². The maximum Gasteiger partial charge on any atom is 0.243 e. The molecule has 33 heavy (non-hydrogen) atoms. The maximum absolute atomic E-state index is 13.3. The number of hydrogen-bond donors (Lipinski definition) is 1. The van der Waals surface area contributed by atoms with Gasteiger partial charge in [0, 0.05) is 32.7 Å². The van der Waals surface area contributed by atoms with Gasteiger partial charge in [0.05, 0.1) is 18.0 Å². The molecule has 1 unspecified atom stereocenters. The highest BCUT2D eigenvalue weighted by Gasteiger charge is 2.33. The average Bonchev–Trinajstić information content (AvgIpc) is 2.78. The average molecular weight is 474 g/mol. The van der Waals surface area contributed by atoms with Crippen molar-refractivity contribution in [3.05, 3.63) is 58.7 Å². The van der Waals surface area contributed by atoms with Gasteiger partial charge >= 0.3 is 0 Å². The van der Waals surface area contributed by atoms with Crippen LogP contribution >= 0.6 is 0 Å². The first-order valence-electron chi connectivity index (χ1n) is 11.4. The molecule has 180 valence electrons. The Hall–Kier alpha value is -2.42. The zero-order valence-electron chi connectivity index (χ0n) is 20.2. The Morgan fingerprint density at radius 3 is 2.15 bits per heavy atom. The van der Waals surface area contributed by atoms with Crippen LogP contribution in [0, 0.1) is 20.8 Å². The molecule has 0 aliphatic carbocycles. The van der Waals surface area contributed by atoms with Crippen molar-refractivity contribution in [3.63, 3.8) is 0 Å². The van der Waals surface area contributed by atoms with Crippen LogP contribution in [0.5, 0.6) is 5.75 Å². The van der Waals surface area contributed by atoms with E-state index in [-0.39, 0.29) is 11.9 Å². The molecule has 2 aromatic carbocycles. The largest absolute Gasteiger partial charge is 0.497 e. The first kappa shape index (κ1) is 25.2. The van der Waals surface area contributed by atoms with Crippen LogP contribution in [0.4, 0.5) is 0 Å². The lowest BCUT2D eigenvalue weighted by Crippen LogP contribution is -2.55. The summed E-state index contributed by atoms with van der Waals surface area (Å²) in [7, 11) is -1.93. The highest BCUT2D eigenvalue weighted by atomic mass is 32.2. The summed E-state index contributed by atoms with van der Waals surface area (Å²) in [6.07, 6.45) is 0.740. The molecule has 1 aliphatic rings. The summed E-state index contributed by atoms with van der Waals surface area (Å²) in [5.74, 6) is 0.773. The van der Waals surface area contributed by atoms with Crippen LogP contribution in [0.25, 0.3) is 0 Å². The molecule has 1 fully saturated rings. The number of aryl methyl sites for hydroxylation is 3. The van der Waals surface area contributed by atoms with E-state index < -0.39 is 10.0 Å². The predicted octanol–water partition coefficient (Wildman–Crippen LogP) is 2.67. The van der Waals surface area contributed by atoms with E-state index in [9.17, 15) is 13.2 Å². The highest BCUT2D eigenvalue weighted by molar-refractivity contribution is 7.89. The first-order valence-corrected chi connectivity index (χ1v) is 12.8. The van der Waals surface area contributed by atoms with Crippen molar-refractivity contribution in [2.24, 2.45) is 0 Å². The molecule has 1 aliphatic heterocycles. The molecule has 1 saturated heterocycles. The van der Waals surface area contributed by atoms with Crippen molar-refractivity contribution in [2.75, 3.05) is 39.8 Å². The zero-order valence-corrected chi connectivity index (χ0v) is 21.0. The van der Waals surface area contributed by atoms with Crippen LogP contribution in [-0.4, -0.2) is 69.4 Å².